The summed E-state index contributed by atoms with van der Waals surface area (Å²) in [7, 11) is -2.62. The molecule has 0 radical (unpaired) electrons. The first kappa shape index (κ1) is 26.7. The van der Waals surface area contributed by atoms with E-state index in [4.69, 9.17) is 16.3 Å². The Labute approximate surface area is 209 Å². The summed E-state index contributed by atoms with van der Waals surface area (Å²) in [6.45, 7) is 1.73. The van der Waals surface area contributed by atoms with Gasteiger partial charge in [0.2, 0.25) is 5.91 Å². The molecule has 0 spiro atoms. The predicted octanol–water partition coefficient (Wildman–Crippen LogP) is 6.29. The summed E-state index contributed by atoms with van der Waals surface area (Å²) in [4.78, 5) is 13.2. The van der Waals surface area contributed by atoms with E-state index in [9.17, 15) is 26.4 Å². The van der Waals surface area contributed by atoms with Crippen LogP contribution in [0, 0.1) is 0 Å². The fraction of sp³-hybridized carbons (Fsp3) is 0.174. The Kier molecular flexibility index (Phi) is 8.24. The van der Waals surface area contributed by atoms with E-state index < -0.39 is 32.0 Å². The van der Waals surface area contributed by atoms with E-state index in [0.29, 0.717) is 17.5 Å². The maximum atomic E-state index is 13.0. The van der Waals surface area contributed by atoms with Crippen LogP contribution in [0.25, 0.3) is 0 Å². The number of hydrogen-bond acceptors (Lipinski definition) is 5. The number of alkyl halides is 3. The lowest BCUT2D eigenvalue weighted by Gasteiger charge is -2.14. The Morgan fingerprint density at radius 2 is 1.60 bits per heavy atom. The molecule has 0 saturated heterocycles. The van der Waals surface area contributed by atoms with Gasteiger partial charge in [0.15, 0.2) is 0 Å². The normalized spacial score (nSPS) is 12.6. The van der Waals surface area contributed by atoms with Gasteiger partial charge in [0, 0.05) is 16.3 Å². The van der Waals surface area contributed by atoms with Crippen molar-refractivity contribution in [1.29, 1.82) is 0 Å². The fourth-order valence-corrected chi connectivity index (χ4v) is 5.03. The molecule has 0 aliphatic heterocycles. The summed E-state index contributed by atoms with van der Waals surface area (Å²) in [6, 6.07) is 15.2. The number of carbonyl (C=O) groups is 1. The molecule has 12 heteroatoms. The van der Waals surface area contributed by atoms with Crippen molar-refractivity contribution in [1.82, 2.24) is 0 Å². The molecule has 3 aromatic carbocycles. The van der Waals surface area contributed by atoms with E-state index in [0.717, 1.165) is 17.0 Å². The quantitative estimate of drug-likeness (QED) is 0.326. The molecule has 0 fully saturated rings. The summed E-state index contributed by atoms with van der Waals surface area (Å²) in [6.07, 6.45) is -4.73. The monoisotopic (exact) mass is 544 g/mol. The van der Waals surface area contributed by atoms with Crippen LogP contribution in [0.4, 0.5) is 24.5 Å². The van der Waals surface area contributed by atoms with Crippen molar-refractivity contribution in [3.63, 3.8) is 0 Å². The highest BCUT2D eigenvalue weighted by molar-refractivity contribution is 8.00. The van der Waals surface area contributed by atoms with E-state index in [1.54, 1.807) is 26.2 Å². The van der Waals surface area contributed by atoms with E-state index in [2.05, 4.69) is 10.0 Å². The van der Waals surface area contributed by atoms with Crippen LogP contribution >= 0.6 is 23.4 Å². The molecule has 3 aromatic rings. The van der Waals surface area contributed by atoms with Crippen molar-refractivity contribution < 1.29 is 31.1 Å². The molecule has 1 amide bonds. The van der Waals surface area contributed by atoms with Gasteiger partial charge in [-0.15, -0.1) is 11.8 Å². The van der Waals surface area contributed by atoms with Gasteiger partial charge in [-0.05, 0) is 73.7 Å². The summed E-state index contributed by atoms with van der Waals surface area (Å²) < 4.78 is 71.6. The Morgan fingerprint density at radius 3 is 2.17 bits per heavy atom. The van der Waals surface area contributed by atoms with Crippen molar-refractivity contribution in [3.8, 4) is 5.75 Å². The average molecular weight is 545 g/mol. The molecule has 0 aliphatic carbocycles. The van der Waals surface area contributed by atoms with Crippen LogP contribution in [-0.4, -0.2) is 26.7 Å². The molecule has 186 valence electrons. The average Bonchev–Trinajstić information content (AvgIpc) is 2.80. The molecule has 0 aromatic heterocycles. The van der Waals surface area contributed by atoms with Crippen LogP contribution < -0.4 is 14.8 Å². The molecule has 0 bridgehead atoms. The minimum atomic E-state index is -4.73. The number of carbonyl (C=O) groups excluding carboxylic acids is 1. The number of nitrogens with one attached hydrogen (secondary N) is 2. The zero-order valence-electron chi connectivity index (χ0n) is 18.4. The molecule has 0 heterocycles. The van der Waals surface area contributed by atoms with Gasteiger partial charge >= 0.3 is 6.18 Å². The third-order valence-electron chi connectivity index (χ3n) is 4.70. The number of hydrogen-bond donors (Lipinski definition) is 2. The molecule has 2 N–H and O–H groups in total. The lowest BCUT2D eigenvalue weighted by molar-refractivity contribution is -0.137. The van der Waals surface area contributed by atoms with E-state index in [1.807, 2.05) is 12.1 Å². The number of amides is 1. The number of sulfonamides is 1. The van der Waals surface area contributed by atoms with Gasteiger partial charge in [-0.2, -0.15) is 13.2 Å². The molecular formula is C23H20ClF3N2O4S2. The minimum absolute atomic E-state index is 0.195. The van der Waals surface area contributed by atoms with Crippen LogP contribution in [0.2, 0.25) is 5.02 Å². The van der Waals surface area contributed by atoms with Crippen molar-refractivity contribution in [2.24, 2.45) is 0 Å². The molecule has 0 unspecified atom stereocenters. The number of methoxy groups -OCH3 is 1. The van der Waals surface area contributed by atoms with Gasteiger partial charge in [0.1, 0.15) is 5.75 Å². The smallest absolute Gasteiger partial charge is 0.417 e. The SMILES string of the molecule is COc1ccc(S[C@H](C)C(=O)Nc2ccc(S(=O)(=O)Nc3ccc(Cl)c(C(F)(F)F)c3)cc2)cc1. The Morgan fingerprint density at radius 1 is 1.00 bits per heavy atom. The highest BCUT2D eigenvalue weighted by atomic mass is 35.5. The molecular weight excluding hydrogens is 525 g/mol. The number of thioether (sulfide) groups is 1. The summed E-state index contributed by atoms with van der Waals surface area (Å²) >= 11 is 6.91. The van der Waals surface area contributed by atoms with Crippen LogP contribution in [0.5, 0.6) is 5.75 Å². The number of anilines is 2. The van der Waals surface area contributed by atoms with Crippen LogP contribution in [0.3, 0.4) is 0 Å². The van der Waals surface area contributed by atoms with Gasteiger partial charge in [-0.3, -0.25) is 9.52 Å². The van der Waals surface area contributed by atoms with Crippen molar-refractivity contribution in [3.05, 3.63) is 77.3 Å². The molecule has 3 rings (SSSR count). The minimum Gasteiger partial charge on any atom is -0.497 e. The highest BCUT2D eigenvalue weighted by Crippen LogP contribution is 2.36. The van der Waals surface area contributed by atoms with Crippen LogP contribution in [0.15, 0.2) is 76.5 Å². The summed E-state index contributed by atoms with van der Waals surface area (Å²) in [5.74, 6) is 0.410. The largest absolute Gasteiger partial charge is 0.497 e. The highest BCUT2D eigenvalue weighted by Gasteiger charge is 2.33. The van der Waals surface area contributed by atoms with Gasteiger partial charge in [-0.25, -0.2) is 8.42 Å². The number of rotatable bonds is 8. The van der Waals surface area contributed by atoms with Crippen LogP contribution in [0.1, 0.15) is 12.5 Å². The third kappa shape index (κ3) is 7.06. The molecule has 35 heavy (non-hydrogen) atoms. The first-order valence-electron chi connectivity index (χ1n) is 10.0. The van der Waals surface area contributed by atoms with E-state index in [-0.39, 0.29) is 16.5 Å². The van der Waals surface area contributed by atoms with Crippen LogP contribution in [-0.2, 0) is 21.0 Å². The second-order valence-corrected chi connectivity index (χ2v) is 10.8. The second-order valence-electron chi connectivity index (χ2n) is 7.25. The summed E-state index contributed by atoms with van der Waals surface area (Å²) in [5, 5.41) is 1.72. The molecule has 1 atom stereocenters. The van der Waals surface area contributed by atoms with Gasteiger partial charge in [0.25, 0.3) is 10.0 Å². The zero-order chi connectivity index (χ0) is 25.8. The van der Waals surface area contributed by atoms with Gasteiger partial charge in [0.05, 0.1) is 27.8 Å². The predicted molar refractivity (Wildman–Crippen MR) is 131 cm³/mol. The first-order valence-corrected chi connectivity index (χ1v) is 12.7. The molecule has 0 saturated carbocycles. The van der Waals surface area contributed by atoms with Crippen molar-refractivity contribution >= 4 is 50.7 Å². The lowest BCUT2D eigenvalue weighted by Crippen LogP contribution is -2.22. The number of benzene rings is 3. The number of ether oxygens (including phenoxy) is 1. The standard InChI is InChI=1S/C23H20ClF3N2O4S2/c1-14(34-18-8-6-17(33-2)7-9-18)22(30)28-15-3-10-19(11-4-15)35(31,32)29-16-5-12-21(24)20(13-16)23(25,26)27/h3-14,29H,1-2H3,(H,28,30)/t14-/m1/s1. The Bertz CT molecular complexity index is 1300. The van der Waals surface area contributed by atoms with Gasteiger partial charge in [-0.1, -0.05) is 11.6 Å². The second kappa shape index (κ2) is 10.8. The maximum absolute atomic E-state index is 13.0. The summed E-state index contributed by atoms with van der Waals surface area (Å²) in [5.41, 5.74) is -1.08. The van der Waals surface area contributed by atoms with Crippen molar-refractivity contribution in [2.75, 3.05) is 17.1 Å². The maximum Gasteiger partial charge on any atom is 0.417 e. The topological polar surface area (TPSA) is 84.5 Å². The fourth-order valence-electron chi connectivity index (χ4n) is 2.89. The Balaban J connectivity index is 1.66. The Hall–Kier alpha value is -2.89. The first-order chi connectivity index (χ1) is 16.4. The van der Waals surface area contributed by atoms with E-state index in [1.165, 1.54) is 36.0 Å². The van der Waals surface area contributed by atoms with Crippen molar-refractivity contribution in [2.45, 2.75) is 28.1 Å². The lowest BCUT2D eigenvalue weighted by atomic mass is 10.2. The molecule has 6 nitrogen and oxygen atoms in total. The number of halogens is 4. The zero-order valence-corrected chi connectivity index (χ0v) is 20.8. The van der Waals surface area contributed by atoms with Gasteiger partial charge < -0.3 is 10.1 Å². The third-order valence-corrected chi connectivity index (χ3v) is 7.54. The van der Waals surface area contributed by atoms with E-state index >= 15 is 0 Å². The molecule has 0 aliphatic rings.